The van der Waals surface area contributed by atoms with Gasteiger partial charge in [0.15, 0.2) is 0 Å². The molecule has 4 nitrogen and oxygen atoms in total. The molecular formula is C16H11F3O4S. The van der Waals surface area contributed by atoms with Gasteiger partial charge in [0, 0.05) is 5.56 Å². The number of ether oxygens (including phenoxy) is 1. The fraction of sp³-hybridized carbons (Fsp3) is 0.125. The minimum Gasteiger partial charge on any atom is -0.508 e. The van der Waals surface area contributed by atoms with Crippen LogP contribution in [-0.2, 0) is 9.84 Å². The second kappa shape index (κ2) is 5.55. The van der Waals surface area contributed by atoms with E-state index in [2.05, 4.69) is 0 Å². The van der Waals surface area contributed by atoms with Crippen molar-refractivity contribution in [2.75, 3.05) is 6.61 Å². The second-order valence-electron chi connectivity index (χ2n) is 5.15. The van der Waals surface area contributed by atoms with Crippen molar-refractivity contribution in [3.05, 3.63) is 53.6 Å². The van der Waals surface area contributed by atoms with Crippen molar-refractivity contribution < 1.29 is 31.4 Å². The van der Waals surface area contributed by atoms with E-state index in [1.807, 2.05) is 0 Å². The van der Waals surface area contributed by atoms with Gasteiger partial charge in [-0.2, -0.15) is 13.2 Å². The summed E-state index contributed by atoms with van der Waals surface area (Å²) >= 11 is 0. The molecule has 0 saturated heterocycles. The molecule has 0 bridgehead atoms. The van der Waals surface area contributed by atoms with Gasteiger partial charge in [0.2, 0.25) is 0 Å². The average molecular weight is 356 g/mol. The normalized spacial score (nSPS) is 14.5. The van der Waals surface area contributed by atoms with E-state index in [9.17, 15) is 26.7 Å². The number of hydrogen-bond donors (Lipinski definition) is 1. The molecule has 0 saturated carbocycles. The Hall–Kier alpha value is -2.48. The third-order valence-corrected chi connectivity index (χ3v) is 5.05. The van der Waals surface area contributed by atoms with E-state index in [1.165, 1.54) is 24.3 Å². The van der Waals surface area contributed by atoms with Crippen LogP contribution in [0.4, 0.5) is 13.2 Å². The number of fused-ring (bicyclic) bond motifs is 1. The molecule has 1 N–H and O–H groups in total. The molecule has 24 heavy (non-hydrogen) atoms. The van der Waals surface area contributed by atoms with Crippen LogP contribution < -0.4 is 4.74 Å². The first-order valence-electron chi connectivity index (χ1n) is 6.77. The molecule has 0 atom stereocenters. The van der Waals surface area contributed by atoms with Crippen LogP contribution in [0.25, 0.3) is 11.6 Å². The van der Waals surface area contributed by atoms with Crippen molar-refractivity contribution in [2.24, 2.45) is 0 Å². The van der Waals surface area contributed by atoms with Crippen molar-refractivity contribution in [1.29, 1.82) is 0 Å². The highest BCUT2D eigenvalue weighted by molar-refractivity contribution is 7.92. The molecule has 0 aromatic heterocycles. The van der Waals surface area contributed by atoms with Crippen molar-refractivity contribution in [3.63, 3.8) is 0 Å². The van der Waals surface area contributed by atoms with Gasteiger partial charge in [0.05, 0.1) is 4.90 Å². The maximum Gasteiger partial charge on any atom is 0.501 e. The molecule has 0 fully saturated rings. The molecule has 2 aromatic rings. The predicted octanol–water partition coefficient (Wildman–Crippen LogP) is 3.62. The molecule has 126 valence electrons. The maximum atomic E-state index is 12.5. The van der Waals surface area contributed by atoms with Gasteiger partial charge < -0.3 is 9.84 Å². The number of rotatable bonds is 2. The molecule has 0 spiro atoms. The fourth-order valence-electron chi connectivity index (χ4n) is 2.31. The summed E-state index contributed by atoms with van der Waals surface area (Å²) in [5.74, 6) is 0.634. The number of alkyl halides is 3. The smallest absolute Gasteiger partial charge is 0.501 e. The quantitative estimate of drug-likeness (QED) is 0.893. The Balaban J connectivity index is 1.95. The van der Waals surface area contributed by atoms with Gasteiger partial charge in [-0.25, -0.2) is 8.42 Å². The van der Waals surface area contributed by atoms with E-state index in [1.54, 1.807) is 12.1 Å². The Morgan fingerprint density at radius 1 is 1.04 bits per heavy atom. The van der Waals surface area contributed by atoms with Crippen molar-refractivity contribution in [2.45, 2.75) is 10.4 Å². The number of phenols is 1. The maximum absolute atomic E-state index is 12.5. The first kappa shape index (κ1) is 16.4. The Bertz CT molecular complexity index is 913. The first-order chi connectivity index (χ1) is 11.2. The number of hydrogen-bond acceptors (Lipinski definition) is 4. The monoisotopic (exact) mass is 356 g/mol. The van der Waals surface area contributed by atoms with E-state index < -0.39 is 20.2 Å². The van der Waals surface area contributed by atoms with E-state index in [0.29, 0.717) is 22.4 Å². The highest BCUT2D eigenvalue weighted by Crippen LogP contribution is 2.34. The summed E-state index contributed by atoms with van der Waals surface area (Å²) in [4.78, 5) is -0.811. The summed E-state index contributed by atoms with van der Waals surface area (Å²) in [6.45, 7) is 0.184. The van der Waals surface area contributed by atoms with Crippen molar-refractivity contribution in [3.8, 4) is 11.5 Å². The number of benzene rings is 2. The highest BCUT2D eigenvalue weighted by Gasteiger charge is 2.46. The van der Waals surface area contributed by atoms with E-state index in [0.717, 1.165) is 12.1 Å². The molecule has 2 aromatic carbocycles. The van der Waals surface area contributed by atoms with Crippen LogP contribution in [0.2, 0.25) is 0 Å². The molecule has 0 radical (unpaired) electrons. The number of halogens is 3. The number of phenolic OH excluding ortho intramolecular Hbond substituents is 1. The number of aromatic hydroxyl groups is 1. The largest absolute Gasteiger partial charge is 0.508 e. The van der Waals surface area contributed by atoms with E-state index in [4.69, 9.17) is 4.74 Å². The van der Waals surface area contributed by atoms with Gasteiger partial charge in [-0.15, -0.1) is 0 Å². The van der Waals surface area contributed by atoms with Crippen molar-refractivity contribution in [1.82, 2.24) is 0 Å². The van der Waals surface area contributed by atoms with Gasteiger partial charge in [-0.1, -0.05) is 12.1 Å². The zero-order chi connectivity index (χ0) is 17.5. The van der Waals surface area contributed by atoms with Crippen LogP contribution in [0.15, 0.2) is 47.4 Å². The summed E-state index contributed by atoms with van der Waals surface area (Å²) in [5.41, 5.74) is -3.52. The van der Waals surface area contributed by atoms with Crippen molar-refractivity contribution >= 4 is 21.5 Å². The Labute approximate surface area is 135 Å². The summed E-state index contributed by atoms with van der Waals surface area (Å²) in [5, 5.41) is 9.49. The van der Waals surface area contributed by atoms with E-state index >= 15 is 0 Å². The summed E-state index contributed by atoms with van der Waals surface area (Å²) in [6.07, 6.45) is 1.73. The highest BCUT2D eigenvalue weighted by atomic mass is 32.2. The minimum atomic E-state index is -5.36. The zero-order valence-corrected chi connectivity index (χ0v) is 12.9. The second-order valence-corrected chi connectivity index (χ2v) is 7.10. The van der Waals surface area contributed by atoms with Gasteiger partial charge in [-0.05, 0) is 47.5 Å². The molecular weight excluding hydrogens is 345 g/mol. The zero-order valence-electron chi connectivity index (χ0n) is 12.0. The van der Waals surface area contributed by atoms with Gasteiger partial charge in [0.25, 0.3) is 9.84 Å². The lowest BCUT2D eigenvalue weighted by Crippen LogP contribution is -2.23. The summed E-state index contributed by atoms with van der Waals surface area (Å²) in [6, 6.07) is 9.00. The molecule has 0 aliphatic carbocycles. The third-order valence-electron chi connectivity index (χ3n) is 3.55. The van der Waals surface area contributed by atoms with Crippen LogP contribution >= 0.6 is 0 Å². The standard InChI is InChI=1S/C16H11F3O4S/c17-16(18,19)24(21,22)14-4-1-10(2-5-14)12-7-11-8-13(20)3-6-15(11)23-9-12/h1-8,20H,9H2. The number of sulfone groups is 1. The van der Waals surface area contributed by atoms with Crippen LogP contribution in [0.3, 0.4) is 0 Å². The molecule has 8 heteroatoms. The SMILES string of the molecule is O=S(=O)(c1ccc(C2=Cc3cc(O)ccc3OC2)cc1)C(F)(F)F. The Kier molecular flexibility index (Phi) is 3.79. The van der Waals surface area contributed by atoms with Gasteiger partial charge in [0.1, 0.15) is 18.1 Å². The fourth-order valence-corrected chi connectivity index (χ4v) is 3.08. The van der Waals surface area contributed by atoms with Crippen LogP contribution in [0.5, 0.6) is 11.5 Å². The topological polar surface area (TPSA) is 63.6 Å². The van der Waals surface area contributed by atoms with E-state index in [-0.39, 0.29) is 12.4 Å². The van der Waals surface area contributed by atoms with Gasteiger partial charge in [-0.3, -0.25) is 0 Å². The third kappa shape index (κ3) is 2.84. The Morgan fingerprint density at radius 3 is 2.33 bits per heavy atom. The van der Waals surface area contributed by atoms with Crippen LogP contribution in [0, 0.1) is 0 Å². The van der Waals surface area contributed by atoms with Crippen LogP contribution in [0.1, 0.15) is 11.1 Å². The molecule has 3 rings (SSSR count). The lowest BCUT2D eigenvalue weighted by molar-refractivity contribution is -0.0436. The molecule has 0 amide bonds. The molecule has 1 aliphatic rings. The van der Waals surface area contributed by atoms with Gasteiger partial charge >= 0.3 is 5.51 Å². The lowest BCUT2D eigenvalue weighted by atomic mass is 10.0. The summed E-state index contributed by atoms with van der Waals surface area (Å²) in [7, 11) is -5.36. The summed E-state index contributed by atoms with van der Waals surface area (Å²) < 4.78 is 65.8. The lowest BCUT2D eigenvalue weighted by Gasteiger charge is -2.18. The minimum absolute atomic E-state index is 0.0569. The Morgan fingerprint density at radius 2 is 1.71 bits per heavy atom. The molecule has 1 heterocycles. The predicted molar refractivity (Wildman–Crippen MR) is 81.2 cm³/mol. The molecule has 1 aliphatic heterocycles. The molecule has 0 unspecified atom stereocenters. The first-order valence-corrected chi connectivity index (χ1v) is 8.25. The van der Waals surface area contributed by atoms with Crippen LogP contribution in [-0.4, -0.2) is 25.6 Å². The average Bonchev–Trinajstić information content (AvgIpc) is 2.53.